The maximum absolute atomic E-state index is 12.8. The normalized spacial score (nSPS) is 17.6. The zero-order valence-electron chi connectivity index (χ0n) is 14.4. The largest absolute Gasteiger partial charge is 0.368 e. The van der Waals surface area contributed by atoms with Crippen molar-refractivity contribution in [3.8, 4) is 0 Å². The Hall–Kier alpha value is -2.22. The molecule has 0 radical (unpaired) electrons. The highest BCUT2D eigenvalue weighted by Gasteiger charge is 2.29. The van der Waals surface area contributed by atoms with Gasteiger partial charge in [-0.1, -0.05) is 6.92 Å². The van der Waals surface area contributed by atoms with E-state index in [2.05, 4.69) is 16.9 Å². The number of aryl methyl sites for hydroxylation is 1. The third-order valence-corrected chi connectivity index (χ3v) is 5.29. The highest BCUT2D eigenvalue weighted by atomic mass is 32.1. The summed E-state index contributed by atoms with van der Waals surface area (Å²) < 4.78 is 1.78. The van der Waals surface area contributed by atoms with Crippen LogP contribution in [0, 0.1) is 0 Å². The average molecular weight is 361 g/mol. The van der Waals surface area contributed by atoms with Crippen LogP contribution in [0.25, 0.3) is 0 Å². The Balaban J connectivity index is 1.71. The van der Waals surface area contributed by atoms with Gasteiger partial charge in [-0.05, 0) is 25.7 Å². The number of thiazole rings is 1. The Morgan fingerprint density at radius 3 is 3.04 bits per heavy atom. The van der Waals surface area contributed by atoms with E-state index >= 15 is 0 Å². The number of carbonyl (C=O) groups is 2. The Labute approximate surface area is 150 Å². The Morgan fingerprint density at radius 2 is 2.28 bits per heavy atom. The van der Waals surface area contributed by atoms with Crippen LogP contribution >= 0.6 is 11.3 Å². The molecule has 3 rings (SSSR count). The molecule has 0 spiro atoms. The Bertz CT molecular complexity index is 754. The van der Waals surface area contributed by atoms with Crippen molar-refractivity contribution in [1.82, 2.24) is 19.4 Å². The SMILES string of the molecule is CCCc1nc(C(=O)N2CCC[C@@H](c3nccn3CC(N)=O)C2)cs1. The summed E-state index contributed by atoms with van der Waals surface area (Å²) in [7, 11) is 0. The van der Waals surface area contributed by atoms with Gasteiger partial charge in [0.05, 0.1) is 5.01 Å². The van der Waals surface area contributed by atoms with Gasteiger partial charge in [-0.3, -0.25) is 9.59 Å². The van der Waals surface area contributed by atoms with Crippen LogP contribution in [-0.4, -0.2) is 44.3 Å². The number of hydrogen-bond donors (Lipinski definition) is 1. The quantitative estimate of drug-likeness (QED) is 0.849. The second-order valence-corrected chi connectivity index (χ2v) is 7.29. The summed E-state index contributed by atoms with van der Waals surface area (Å²) >= 11 is 1.55. The zero-order chi connectivity index (χ0) is 17.8. The van der Waals surface area contributed by atoms with E-state index in [1.807, 2.05) is 10.3 Å². The average Bonchev–Trinajstić information content (AvgIpc) is 3.24. The molecule has 8 heteroatoms. The van der Waals surface area contributed by atoms with Crippen LogP contribution in [0.2, 0.25) is 0 Å². The molecule has 2 amide bonds. The van der Waals surface area contributed by atoms with Gasteiger partial charge in [0, 0.05) is 36.8 Å². The molecule has 134 valence electrons. The number of hydrogen-bond acceptors (Lipinski definition) is 5. The molecular weight excluding hydrogens is 338 g/mol. The number of aromatic nitrogens is 3. The second-order valence-electron chi connectivity index (χ2n) is 6.35. The Morgan fingerprint density at radius 1 is 1.44 bits per heavy atom. The first-order chi connectivity index (χ1) is 12.1. The number of likely N-dealkylation sites (tertiary alicyclic amines) is 1. The summed E-state index contributed by atoms with van der Waals surface area (Å²) in [6, 6.07) is 0. The molecular formula is C17H23N5O2S. The number of primary amides is 1. The van der Waals surface area contributed by atoms with E-state index in [-0.39, 0.29) is 18.4 Å². The number of carbonyl (C=O) groups excluding carboxylic acids is 2. The number of rotatable bonds is 6. The van der Waals surface area contributed by atoms with Crippen LogP contribution in [0.1, 0.15) is 53.4 Å². The molecule has 0 aromatic carbocycles. The molecule has 25 heavy (non-hydrogen) atoms. The third kappa shape index (κ3) is 4.07. The minimum atomic E-state index is -0.395. The van der Waals surface area contributed by atoms with E-state index in [0.717, 1.165) is 43.1 Å². The van der Waals surface area contributed by atoms with Crippen molar-refractivity contribution in [2.24, 2.45) is 5.73 Å². The first-order valence-electron chi connectivity index (χ1n) is 8.61. The standard InChI is InChI=1S/C17H23N5O2S/c1-2-4-15-20-13(11-25-15)17(24)22-7-3-5-12(9-22)16-19-6-8-21(16)10-14(18)23/h6,8,11-12H,2-5,7,9-10H2,1H3,(H2,18,23)/t12-/m1/s1. The van der Waals surface area contributed by atoms with Gasteiger partial charge in [-0.15, -0.1) is 11.3 Å². The van der Waals surface area contributed by atoms with Gasteiger partial charge in [0.15, 0.2) is 0 Å². The van der Waals surface area contributed by atoms with E-state index in [0.29, 0.717) is 12.2 Å². The van der Waals surface area contributed by atoms with Crippen molar-refractivity contribution in [3.63, 3.8) is 0 Å². The van der Waals surface area contributed by atoms with Crippen molar-refractivity contribution in [1.29, 1.82) is 0 Å². The summed E-state index contributed by atoms with van der Waals surface area (Å²) in [5.41, 5.74) is 5.84. The smallest absolute Gasteiger partial charge is 0.273 e. The van der Waals surface area contributed by atoms with Crippen LogP contribution in [0.3, 0.4) is 0 Å². The minimum Gasteiger partial charge on any atom is -0.368 e. The molecule has 0 unspecified atom stereocenters. The van der Waals surface area contributed by atoms with Crippen molar-refractivity contribution in [2.45, 2.75) is 45.1 Å². The van der Waals surface area contributed by atoms with Crippen LogP contribution in [0.15, 0.2) is 17.8 Å². The monoisotopic (exact) mass is 361 g/mol. The van der Waals surface area contributed by atoms with E-state index in [1.165, 1.54) is 0 Å². The lowest BCUT2D eigenvalue weighted by atomic mass is 9.97. The molecule has 2 aromatic rings. The number of imidazole rings is 1. The van der Waals surface area contributed by atoms with Crippen LogP contribution < -0.4 is 5.73 Å². The van der Waals surface area contributed by atoms with Gasteiger partial charge >= 0.3 is 0 Å². The minimum absolute atomic E-state index is 0.0173. The van der Waals surface area contributed by atoms with Gasteiger partial charge < -0.3 is 15.2 Å². The predicted molar refractivity (Wildman–Crippen MR) is 95.4 cm³/mol. The van der Waals surface area contributed by atoms with Crippen molar-refractivity contribution in [2.75, 3.05) is 13.1 Å². The molecule has 1 fully saturated rings. The molecule has 3 heterocycles. The molecule has 0 bridgehead atoms. The first kappa shape index (κ1) is 17.6. The third-order valence-electron chi connectivity index (χ3n) is 4.38. The molecule has 1 saturated heterocycles. The molecule has 1 aliphatic rings. The number of piperidine rings is 1. The fourth-order valence-corrected chi connectivity index (χ4v) is 4.13. The maximum Gasteiger partial charge on any atom is 0.273 e. The van der Waals surface area contributed by atoms with E-state index in [4.69, 9.17) is 5.73 Å². The molecule has 2 N–H and O–H groups in total. The summed E-state index contributed by atoms with van der Waals surface area (Å²) in [4.78, 5) is 34.7. The van der Waals surface area contributed by atoms with Crippen LogP contribution in [0.5, 0.6) is 0 Å². The van der Waals surface area contributed by atoms with Crippen LogP contribution in [0.4, 0.5) is 0 Å². The lowest BCUT2D eigenvalue weighted by molar-refractivity contribution is -0.118. The van der Waals surface area contributed by atoms with Crippen LogP contribution in [-0.2, 0) is 17.8 Å². The predicted octanol–water partition coefficient (Wildman–Crippen LogP) is 1.80. The van der Waals surface area contributed by atoms with Gasteiger partial charge in [-0.25, -0.2) is 9.97 Å². The second kappa shape index (κ2) is 7.77. The van der Waals surface area contributed by atoms with Gasteiger partial charge in [-0.2, -0.15) is 0 Å². The zero-order valence-corrected chi connectivity index (χ0v) is 15.2. The summed E-state index contributed by atoms with van der Waals surface area (Å²) in [6.07, 6.45) is 7.22. The lowest BCUT2D eigenvalue weighted by Crippen LogP contribution is -2.40. The van der Waals surface area contributed by atoms with E-state index < -0.39 is 5.91 Å². The van der Waals surface area contributed by atoms with E-state index in [9.17, 15) is 9.59 Å². The lowest BCUT2D eigenvalue weighted by Gasteiger charge is -2.32. The molecule has 0 aliphatic carbocycles. The topological polar surface area (TPSA) is 94.1 Å². The Kier molecular flexibility index (Phi) is 5.47. The molecule has 2 aromatic heterocycles. The fraction of sp³-hybridized carbons (Fsp3) is 0.529. The van der Waals surface area contributed by atoms with Crippen molar-refractivity contribution < 1.29 is 9.59 Å². The summed E-state index contributed by atoms with van der Waals surface area (Å²) in [5.74, 6) is 0.521. The molecule has 1 atom stereocenters. The molecule has 7 nitrogen and oxygen atoms in total. The maximum atomic E-state index is 12.8. The summed E-state index contributed by atoms with van der Waals surface area (Å²) in [5, 5.41) is 2.86. The molecule has 0 saturated carbocycles. The highest BCUT2D eigenvalue weighted by molar-refractivity contribution is 7.09. The summed E-state index contributed by atoms with van der Waals surface area (Å²) in [6.45, 7) is 3.54. The number of nitrogens with zero attached hydrogens (tertiary/aromatic N) is 4. The van der Waals surface area contributed by atoms with Crippen molar-refractivity contribution >= 4 is 23.2 Å². The first-order valence-corrected chi connectivity index (χ1v) is 9.49. The number of nitrogens with two attached hydrogens (primary N) is 1. The van der Waals surface area contributed by atoms with Gasteiger partial charge in [0.1, 0.15) is 18.1 Å². The highest BCUT2D eigenvalue weighted by Crippen LogP contribution is 2.27. The molecule has 1 aliphatic heterocycles. The van der Waals surface area contributed by atoms with Crippen molar-refractivity contribution in [3.05, 3.63) is 34.3 Å². The number of amides is 2. The van der Waals surface area contributed by atoms with Gasteiger partial charge in [0.2, 0.25) is 5.91 Å². The fourth-order valence-electron chi connectivity index (χ4n) is 3.25. The van der Waals surface area contributed by atoms with Gasteiger partial charge in [0.25, 0.3) is 5.91 Å². The van der Waals surface area contributed by atoms with E-state index in [1.54, 1.807) is 28.3 Å².